The summed E-state index contributed by atoms with van der Waals surface area (Å²) < 4.78 is 1.80. The first-order valence-electron chi connectivity index (χ1n) is 8.39. The van der Waals surface area contributed by atoms with E-state index < -0.39 is 0 Å². The van der Waals surface area contributed by atoms with Crippen LogP contribution < -0.4 is 5.32 Å². The van der Waals surface area contributed by atoms with Crippen molar-refractivity contribution in [3.63, 3.8) is 0 Å². The third kappa shape index (κ3) is 4.43. The number of nitrogens with one attached hydrogen (secondary N) is 1. The maximum atomic E-state index is 12.4. The second-order valence-corrected chi connectivity index (χ2v) is 6.65. The predicted molar refractivity (Wildman–Crippen MR) is 103 cm³/mol. The van der Waals surface area contributed by atoms with E-state index in [4.69, 9.17) is 11.6 Å². The minimum atomic E-state index is -0.148. The molecule has 0 saturated carbocycles. The summed E-state index contributed by atoms with van der Waals surface area (Å²) in [5.74, 6) is 0. The minimum Gasteiger partial charge on any atom is -0.331 e. The first kappa shape index (κ1) is 18.0. The average Bonchev–Trinajstić information content (AvgIpc) is 3.11. The van der Waals surface area contributed by atoms with E-state index >= 15 is 0 Å². The van der Waals surface area contributed by atoms with E-state index in [0.717, 1.165) is 16.8 Å². The van der Waals surface area contributed by atoms with Crippen LogP contribution in [0.15, 0.2) is 67.0 Å². The largest absolute Gasteiger partial charge is 0.331 e. The van der Waals surface area contributed by atoms with E-state index in [1.165, 1.54) is 0 Å². The Bertz CT molecular complexity index is 878. The lowest BCUT2D eigenvalue weighted by Crippen LogP contribution is -2.38. The quantitative estimate of drug-likeness (QED) is 0.724. The van der Waals surface area contributed by atoms with Crippen molar-refractivity contribution in [2.45, 2.75) is 19.5 Å². The van der Waals surface area contributed by atoms with E-state index in [1.807, 2.05) is 67.7 Å². The zero-order valence-corrected chi connectivity index (χ0v) is 15.5. The van der Waals surface area contributed by atoms with Crippen LogP contribution in [-0.4, -0.2) is 27.8 Å². The Morgan fingerprint density at radius 2 is 2.00 bits per heavy atom. The van der Waals surface area contributed by atoms with Crippen molar-refractivity contribution in [1.82, 2.24) is 20.0 Å². The van der Waals surface area contributed by atoms with Gasteiger partial charge in [0.05, 0.1) is 24.5 Å². The lowest BCUT2D eigenvalue weighted by Gasteiger charge is -2.21. The Morgan fingerprint density at radius 1 is 1.23 bits per heavy atom. The van der Waals surface area contributed by atoms with Gasteiger partial charge in [0.25, 0.3) is 0 Å². The van der Waals surface area contributed by atoms with Gasteiger partial charge in [-0.3, -0.25) is 0 Å². The lowest BCUT2D eigenvalue weighted by atomic mass is 10.1. The zero-order chi connectivity index (χ0) is 18.5. The molecule has 0 aliphatic carbocycles. The van der Waals surface area contributed by atoms with Crippen LogP contribution in [0.5, 0.6) is 0 Å². The van der Waals surface area contributed by atoms with Gasteiger partial charge < -0.3 is 10.2 Å². The molecule has 0 aliphatic rings. The summed E-state index contributed by atoms with van der Waals surface area (Å²) in [7, 11) is 1.76. The highest BCUT2D eigenvalue weighted by Crippen LogP contribution is 2.17. The average molecular weight is 369 g/mol. The van der Waals surface area contributed by atoms with Crippen molar-refractivity contribution >= 4 is 17.6 Å². The van der Waals surface area contributed by atoms with Gasteiger partial charge in [-0.1, -0.05) is 41.9 Å². The summed E-state index contributed by atoms with van der Waals surface area (Å²) in [5, 5.41) is 8.00. The molecular weight excluding hydrogens is 348 g/mol. The Labute approximate surface area is 158 Å². The number of benzene rings is 2. The second kappa shape index (κ2) is 8.06. The predicted octanol–water partition coefficient (Wildman–Crippen LogP) is 4.43. The Balaban J connectivity index is 1.60. The molecule has 0 bridgehead atoms. The molecule has 1 N–H and O–H groups in total. The molecule has 0 aliphatic heterocycles. The third-order valence-electron chi connectivity index (χ3n) is 4.11. The van der Waals surface area contributed by atoms with E-state index in [2.05, 4.69) is 10.4 Å². The molecule has 3 aromatic rings. The summed E-state index contributed by atoms with van der Waals surface area (Å²) in [6, 6.07) is 17.1. The number of hydrogen-bond acceptors (Lipinski definition) is 2. The first-order valence-corrected chi connectivity index (χ1v) is 8.77. The van der Waals surface area contributed by atoms with E-state index in [1.54, 1.807) is 22.8 Å². The fourth-order valence-electron chi connectivity index (χ4n) is 2.66. The summed E-state index contributed by atoms with van der Waals surface area (Å²) >= 11 is 6.02. The van der Waals surface area contributed by atoms with Crippen LogP contribution >= 0.6 is 11.6 Å². The molecule has 1 aromatic heterocycles. The highest BCUT2D eigenvalue weighted by molar-refractivity contribution is 6.30. The summed E-state index contributed by atoms with van der Waals surface area (Å²) in [5.41, 5.74) is 2.92. The van der Waals surface area contributed by atoms with Gasteiger partial charge in [0.2, 0.25) is 0 Å². The highest BCUT2D eigenvalue weighted by Gasteiger charge is 2.14. The van der Waals surface area contributed by atoms with Gasteiger partial charge in [0.1, 0.15) is 0 Å². The third-order valence-corrected chi connectivity index (χ3v) is 4.35. The Morgan fingerprint density at radius 3 is 2.73 bits per heavy atom. The van der Waals surface area contributed by atoms with Crippen LogP contribution in [0.2, 0.25) is 5.02 Å². The molecule has 3 rings (SSSR count). The summed E-state index contributed by atoms with van der Waals surface area (Å²) in [4.78, 5) is 14.1. The number of hydrogen-bond donors (Lipinski definition) is 1. The standard InChI is InChI=1S/C20H21ClN4O/c1-15(17-7-6-8-18(21)11-17)23-20(26)24(2)13-16-12-22-25(14-16)19-9-4-3-5-10-19/h3-12,14-15H,13H2,1-2H3,(H,23,26). The van der Waals surface area contributed by atoms with Gasteiger partial charge in [-0.2, -0.15) is 5.10 Å². The smallest absolute Gasteiger partial charge is 0.317 e. The van der Waals surface area contributed by atoms with Crippen LogP contribution in [0.4, 0.5) is 4.79 Å². The molecule has 1 atom stereocenters. The highest BCUT2D eigenvalue weighted by atomic mass is 35.5. The molecule has 134 valence electrons. The van der Waals surface area contributed by atoms with E-state index in [9.17, 15) is 4.79 Å². The lowest BCUT2D eigenvalue weighted by molar-refractivity contribution is 0.203. The summed E-state index contributed by atoms with van der Waals surface area (Å²) in [6.45, 7) is 2.41. The van der Waals surface area contributed by atoms with Crippen LogP contribution in [0.3, 0.4) is 0 Å². The Hall–Kier alpha value is -2.79. The first-order chi connectivity index (χ1) is 12.5. The fourth-order valence-corrected chi connectivity index (χ4v) is 2.86. The van der Waals surface area contributed by atoms with Crippen molar-refractivity contribution in [1.29, 1.82) is 0 Å². The molecule has 0 fully saturated rings. The van der Waals surface area contributed by atoms with Gasteiger partial charge >= 0.3 is 6.03 Å². The number of carbonyl (C=O) groups excluding carboxylic acids is 1. The maximum Gasteiger partial charge on any atom is 0.317 e. The molecule has 5 nitrogen and oxygen atoms in total. The number of rotatable bonds is 5. The zero-order valence-electron chi connectivity index (χ0n) is 14.8. The molecule has 0 spiro atoms. The van der Waals surface area contributed by atoms with Gasteiger partial charge in [-0.05, 0) is 36.8 Å². The van der Waals surface area contributed by atoms with Crippen molar-refractivity contribution in [2.75, 3.05) is 7.05 Å². The molecule has 2 amide bonds. The monoisotopic (exact) mass is 368 g/mol. The molecular formula is C20H21ClN4O. The molecule has 1 heterocycles. The van der Waals surface area contributed by atoms with Crippen molar-refractivity contribution in [3.8, 4) is 5.69 Å². The number of carbonyl (C=O) groups is 1. The van der Waals surface area contributed by atoms with Crippen molar-refractivity contribution < 1.29 is 4.79 Å². The topological polar surface area (TPSA) is 50.2 Å². The number of amides is 2. The van der Waals surface area contributed by atoms with Gasteiger partial charge in [0.15, 0.2) is 0 Å². The van der Waals surface area contributed by atoms with Crippen LogP contribution in [0.25, 0.3) is 5.69 Å². The fraction of sp³-hybridized carbons (Fsp3) is 0.200. The second-order valence-electron chi connectivity index (χ2n) is 6.21. The molecule has 0 saturated heterocycles. The number of halogens is 1. The Kier molecular flexibility index (Phi) is 5.58. The number of nitrogens with zero attached hydrogens (tertiary/aromatic N) is 3. The molecule has 1 unspecified atom stereocenters. The maximum absolute atomic E-state index is 12.4. The van der Waals surface area contributed by atoms with Crippen molar-refractivity contribution in [3.05, 3.63) is 83.1 Å². The van der Waals surface area contributed by atoms with Gasteiger partial charge in [-0.25, -0.2) is 9.48 Å². The molecule has 2 aromatic carbocycles. The molecule has 0 radical (unpaired) electrons. The number of para-hydroxylation sites is 1. The normalized spacial score (nSPS) is 11.8. The molecule has 6 heteroatoms. The summed E-state index contributed by atoms with van der Waals surface area (Å²) in [6.07, 6.45) is 3.71. The van der Waals surface area contributed by atoms with Crippen LogP contribution in [-0.2, 0) is 6.54 Å². The van der Waals surface area contributed by atoms with Gasteiger partial charge in [0, 0.05) is 23.8 Å². The van der Waals surface area contributed by atoms with E-state index in [-0.39, 0.29) is 12.1 Å². The van der Waals surface area contributed by atoms with Crippen LogP contribution in [0.1, 0.15) is 24.1 Å². The molecule has 26 heavy (non-hydrogen) atoms. The van der Waals surface area contributed by atoms with Crippen molar-refractivity contribution in [2.24, 2.45) is 0 Å². The number of urea groups is 1. The van der Waals surface area contributed by atoms with Crippen LogP contribution in [0, 0.1) is 0 Å². The minimum absolute atomic E-state index is 0.129. The SMILES string of the molecule is CC(NC(=O)N(C)Cc1cnn(-c2ccccc2)c1)c1cccc(Cl)c1. The van der Waals surface area contributed by atoms with E-state index in [0.29, 0.717) is 11.6 Å². The van der Waals surface area contributed by atoms with Gasteiger partial charge in [-0.15, -0.1) is 0 Å². The number of aromatic nitrogens is 2.